The fraction of sp³-hybridized carbons (Fsp3) is 0.423. The number of hydrogen-bond donors (Lipinski definition) is 1. The molecule has 0 saturated heterocycles. The number of unbranched alkanes of at least 4 members (excludes halogenated alkanes) is 3. The summed E-state index contributed by atoms with van der Waals surface area (Å²) in [7, 11) is 0. The summed E-state index contributed by atoms with van der Waals surface area (Å²) in [5.41, 5.74) is 6.56. The highest BCUT2D eigenvalue weighted by atomic mass is 16.4. The zero-order chi connectivity index (χ0) is 23.2. The van der Waals surface area contributed by atoms with E-state index in [0.29, 0.717) is 0 Å². The Bertz CT molecular complexity index is 1100. The van der Waals surface area contributed by atoms with Crippen molar-refractivity contribution in [2.24, 2.45) is 0 Å². The van der Waals surface area contributed by atoms with Crippen LogP contribution in [0.25, 0.3) is 22.5 Å². The van der Waals surface area contributed by atoms with Gasteiger partial charge in [0.15, 0.2) is 5.82 Å². The van der Waals surface area contributed by atoms with Crippen LogP contribution in [-0.2, 0) is 11.2 Å². The van der Waals surface area contributed by atoms with Gasteiger partial charge in [-0.15, -0.1) is 0 Å². The molecule has 4 heterocycles. The Kier molecular flexibility index (Phi) is 7.27. The van der Waals surface area contributed by atoms with Gasteiger partial charge in [-0.2, -0.15) is 0 Å². The third-order valence-corrected chi connectivity index (χ3v) is 6.03. The first-order valence-electron chi connectivity index (χ1n) is 11.7. The molecule has 0 radical (unpaired) electrons. The lowest BCUT2D eigenvalue weighted by Crippen LogP contribution is -2.32. The van der Waals surface area contributed by atoms with Gasteiger partial charge in [0.05, 0.1) is 11.4 Å². The van der Waals surface area contributed by atoms with E-state index in [2.05, 4.69) is 27.0 Å². The van der Waals surface area contributed by atoms with Gasteiger partial charge in [-0.05, 0) is 63.8 Å². The van der Waals surface area contributed by atoms with Crippen molar-refractivity contribution < 1.29 is 9.90 Å². The van der Waals surface area contributed by atoms with E-state index in [1.165, 1.54) is 0 Å². The maximum Gasteiger partial charge on any atom is 0.303 e. The number of carbonyl (C=O) groups is 1. The van der Waals surface area contributed by atoms with Crippen molar-refractivity contribution in [3.63, 3.8) is 0 Å². The summed E-state index contributed by atoms with van der Waals surface area (Å²) in [6, 6.07) is 8.12. The molecule has 0 aromatic carbocycles. The fourth-order valence-electron chi connectivity index (χ4n) is 4.19. The quantitative estimate of drug-likeness (QED) is 0.463. The van der Waals surface area contributed by atoms with E-state index in [0.717, 1.165) is 97.0 Å². The number of nitrogens with zero attached hydrogens (tertiary/aromatic N) is 5. The van der Waals surface area contributed by atoms with E-state index >= 15 is 0 Å². The molecule has 0 amide bonds. The monoisotopic (exact) mass is 445 g/mol. The lowest BCUT2D eigenvalue weighted by molar-refractivity contribution is -0.137. The van der Waals surface area contributed by atoms with Crippen molar-refractivity contribution in [3.8, 4) is 22.5 Å². The van der Waals surface area contributed by atoms with Crippen molar-refractivity contribution in [2.45, 2.75) is 58.8 Å². The topological polar surface area (TPSA) is 92.1 Å². The number of fused-ring (bicyclic) bond motifs is 1. The number of aliphatic carboxylic acids is 1. The van der Waals surface area contributed by atoms with Crippen molar-refractivity contribution in [1.82, 2.24) is 19.9 Å². The van der Waals surface area contributed by atoms with Gasteiger partial charge in [0.1, 0.15) is 5.69 Å². The second-order valence-electron chi connectivity index (χ2n) is 8.72. The SMILES string of the molecule is Cc1ccc(-c2nc3c(nc2-c2ccc(C)nc2)N(CCCCCCC(=O)O)CCC3)cn1. The predicted octanol–water partition coefficient (Wildman–Crippen LogP) is 5.01. The third kappa shape index (κ3) is 5.72. The minimum absolute atomic E-state index is 0.253. The number of aryl methyl sites for hydroxylation is 3. The van der Waals surface area contributed by atoms with Gasteiger partial charge in [-0.3, -0.25) is 14.8 Å². The minimum atomic E-state index is -0.715. The third-order valence-electron chi connectivity index (χ3n) is 6.03. The summed E-state index contributed by atoms with van der Waals surface area (Å²) >= 11 is 0. The summed E-state index contributed by atoms with van der Waals surface area (Å²) in [6.07, 6.45) is 9.68. The number of rotatable bonds is 9. The Balaban J connectivity index is 1.62. The molecule has 0 spiro atoms. The molecular weight excluding hydrogens is 414 g/mol. The van der Waals surface area contributed by atoms with Crippen LogP contribution in [0.15, 0.2) is 36.7 Å². The summed E-state index contributed by atoms with van der Waals surface area (Å²) in [4.78, 5) is 32.3. The highest BCUT2D eigenvalue weighted by Crippen LogP contribution is 2.34. The van der Waals surface area contributed by atoms with E-state index in [4.69, 9.17) is 15.1 Å². The Morgan fingerprint density at radius 2 is 1.55 bits per heavy atom. The van der Waals surface area contributed by atoms with Gasteiger partial charge in [0.2, 0.25) is 0 Å². The van der Waals surface area contributed by atoms with Crippen molar-refractivity contribution in [3.05, 3.63) is 53.7 Å². The highest BCUT2D eigenvalue weighted by molar-refractivity contribution is 5.79. The van der Waals surface area contributed by atoms with E-state index < -0.39 is 5.97 Å². The molecule has 7 nitrogen and oxygen atoms in total. The van der Waals surface area contributed by atoms with Crippen LogP contribution in [0.1, 0.15) is 55.6 Å². The molecule has 0 unspecified atom stereocenters. The molecule has 1 aliphatic rings. The van der Waals surface area contributed by atoms with Gasteiger partial charge in [0.25, 0.3) is 0 Å². The van der Waals surface area contributed by atoms with E-state index in [1.54, 1.807) is 0 Å². The first kappa shape index (κ1) is 22.8. The molecule has 0 saturated carbocycles. The van der Waals surface area contributed by atoms with Crippen LogP contribution in [0.2, 0.25) is 0 Å². The molecule has 3 aromatic heterocycles. The van der Waals surface area contributed by atoms with Crippen molar-refractivity contribution >= 4 is 11.8 Å². The molecule has 0 atom stereocenters. The molecule has 7 heteroatoms. The van der Waals surface area contributed by atoms with E-state index in [9.17, 15) is 4.79 Å². The van der Waals surface area contributed by atoms with E-state index in [-0.39, 0.29) is 6.42 Å². The second-order valence-corrected chi connectivity index (χ2v) is 8.72. The summed E-state index contributed by atoms with van der Waals surface area (Å²) in [5.74, 6) is 0.249. The molecule has 0 bridgehead atoms. The van der Waals surface area contributed by atoms with Crippen LogP contribution in [0.5, 0.6) is 0 Å². The first-order chi connectivity index (χ1) is 16.0. The highest BCUT2D eigenvalue weighted by Gasteiger charge is 2.24. The number of carboxylic acids is 1. The number of carboxylic acid groups (broad SMARTS) is 1. The number of anilines is 1. The predicted molar refractivity (Wildman–Crippen MR) is 129 cm³/mol. The van der Waals surface area contributed by atoms with Gasteiger partial charge in [0, 0.05) is 54.4 Å². The normalized spacial score (nSPS) is 13.1. The van der Waals surface area contributed by atoms with Crippen LogP contribution in [0.3, 0.4) is 0 Å². The van der Waals surface area contributed by atoms with Crippen molar-refractivity contribution in [2.75, 3.05) is 18.0 Å². The van der Waals surface area contributed by atoms with Crippen molar-refractivity contribution in [1.29, 1.82) is 0 Å². The molecule has 1 aliphatic heterocycles. The van der Waals surface area contributed by atoms with Crippen LogP contribution in [0.4, 0.5) is 5.82 Å². The van der Waals surface area contributed by atoms with Crippen LogP contribution >= 0.6 is 0 Å². The zero-order valence-electron chi connectivity index (χ0n) is 19.4. The number of pyridine rings is 2. The number of aromatic nitrogens is 4. The van der Waals surface area contributed by atoms with Gasteiger partial charge in [-0.1, -0.05) is 12.8 Å². The molecule has 1 N–H and O–H groups in total. The Labute approximate surface area is 195 Å². The maximum absolute atomic E-state index is 10.7. The lowest BCUT2D eigenvalue weighted by Gasteiger charge is -2.30. The van der Waals surface area contributed by atoms with Gasteiger partial charge in [-0.25, -0.2) is 9.97 Å². The standard InChI is InChI=1S/C26H31N5O2/c1-18-10-12-20(16-27-18)24-25(21-13-11-19(2)28-17-21)30-26-22(29-24)8-7-15-31(26)14-6-4-3-5-9-23(32)33/h10-13,16-17H,3-9,14-15H2,1-2H3,(H,32,33). The minimum Gasteiger partial charge on any atom is -0.481 e. The molecule has 3 aromatic rings. The van der Waals surface area contributed by atoms with Crippen LogP contribution < -0.4 is 4.90 Å². The van der Waals surface area contributed by atoms with Crippen LogP contribution in [0, 0.1) is 13.8 Å². The number of hydrogen-bond acceptors (Lipinski definition) is 6. The Hall–Kier alpha value is -3.35. The van der Waals surface area contributed by atoms with Gasteiger partial charge >= 0.3 is 5.97 Å². The average Bonchev–Trinajstić information content (AvgIpc) is 2.81. The lowest BCUT2D eigenvalue weighted by atomic mass is 10.0. The Morgan fingerprint density at radius 3 is 2.15 bits per heavy atom. The Morgan fingerprint density at radius 1 is 0.909 bits per heavy atom. The molecule has 33 heavy (non-hydrogen) atoms. The average molecular weight is 446 g/mol. The molecule has 4 rings (SSSR count). The second kappa shape index (κ2) is 10.5. The summed E-state index contributed by atoms with van der Waals surface area (Å²) in [5, 5.41) is 8.80. The largest absolute Gasteiger partial charge is 0.481 e. The summed E-state index contributed by atoms with van der Waals surface area (Å²) < 4.78 is 0. The van der Waals surface area contributed by atoms with Crippen LogP contribution in [-0.4, -0.2) is 44.1 Å². The van der Waals surface area contributed by atoms with Gasteiger partial charge < -0.3 is 10.0 Å². The summed E-state index contributed by atoms with van der Waals surface area (Å²) in [6.45, 7) is 5.83. The molecule has 0 fully saturated rings. The first-order valence-corrected chi connectivity index (χ1v) is 11.7. The smallest absolute Gasteiger partial charge is 0.303 e. The zero-order valence-corrected chi connectivity index (χ0v) is 19.4. The van der Waals surface area contributed by atoms with E-state index in [1.807, 2.05) is 38.4 Å². The molecule has 172 valence electrons. The molecule has 0 aliphatic carbocycles. The maximum atomic E-state index is 10.7. The fourth-order valence-corrected chi connectivity index (χ4v) is 4.19. The molecular formula is C26H31N5O2.